The van der Waals surface area contributed by atoms with Crippen molar-refractivity contribution in [1.82, 2.24) is 5.43 Å². The lowest BCUT2D eigenvalue weighted by Crippen LogP contribution is -2.18. The highest BCUT2D eigenvalue weighted by Crippen LogP contribution is 2.23. The Hall–Kier alpha value is -2.64. The van der Waals surface area contributed by atoms with E-state index in [2.05, 4.69) is 10.5 Å². The van der Waals surface area contributed by atoms with Crippen molar-refractivity contribution in [3.8, 4) is 5.75 Å². The number of nitrogens with zero attached hydrogens (tertiary/aromatic N) is 2. The second kappa shape index (κ2) is 7.08. The minimum Gasteiger partial charge on any atom is -0.868 e. The van der Waals surface area contributed by atoms with Crippen molar-refractivity contribution in [2.24, 2.45) is 5.10 Å². The number of nitro groups is 1. The van der Waals surface area contributed by atoms with Crippen molar-refractivity contribution in [3.63, 3.8) is 0 Å². The number of hydrogen-bond donors (Lipinski definition) is 1. The zero-order valence-corrected chi connectivity index (χ0v) is 12.8. The molecule has 1 amide bonds. The van der Waals surface area contributed by atoms with Crippen LogP contribution in [0.3, 0.4) is 0 Å². The average Bonchev–Trinajstić information content (AvgIpc) is 2.51. The number of benzene rings is 2. The van der Waals surface area contributed by atoms with E-state index in [4.69, 9.17) is 23.2 Å². The van der Waals surface area contributed by atoms with E-state index in [1.807, 2.05) is 0 Å². The summed E-state index contributed by atoms with van der Waals surface area (Å²) < 4.78 is 0. The molecule has 23 heavy (non-hydrogen) atoms. The summed E-state index contributed by atoms with van der Waals surface area (Å²) >= 11 is 11.7. The van der Waals surface area contributed by atoms with Crippen molar-refractivity contribution >= 4 is 41.0 Å². The number of carbonyl (C=O) groups is 1. The maximum atomic E-state index is 11.9. The van der Waals surface area contributed by atoms with Crippen LogP contribution < -0.4 is 10.5 Å². The van der Waals surface area contributed by atoms with E-state index in [0.29, 0.717) is 5.02 Å². The number of rotatable bonds is 4. The molecule has 0 unspecified atom stereocenters. The van der Waals surface area contributed by atoms with Crippen molar-refractivity contribution < 1.29 is 14.8 Å². The first-order chi connectivity index (χ1) is 10.9. The normalized spacial score (nSPS) is 10.7. The molecule has 2 aromatic rings. The standard InChI is InChI=1S/C14H9Cl2N3O4/c15-9-2-3-11(16)10(6-9)14(21)18-17-7-8-1-4-13(20)12(5-8)19(22)23/h1-7,20H,(H,18,21)/p-1/b17-7-. The quantitative estimate of drug-likeness (QED) is 0.518. The molecule has 1 N–H and O–H groups in total. The molecule has 7 nitrogen and oxygen atoms in total. The second-order valence-electron chi connectivity index (χ2n) is 4.31. The molecule has 0 heterocycles. The molecule has 0 saturated carbocycles. The van der Waals surface area contributed by atoms with Crippen molar-refractivity contribution in [1.29, 1.82) is 0 Å². The SMILES string of the molecule is O=C(N/N=C\c1ccc([O-])c([N+](=O)[O-])c1)c1cc(Cl)ccc1Cl. The molecule has 0 aromatic heterocycles. The number of hydrogen-bond acceptors (Lipinski definition) is 5. The smallest absolute Gasteiger partial charge is 0.272 e. The first-order valence-electron chi connectivity index (χ1n) is 6.12. The topological polar surface area (TPSA) is 108 Å². The Labute approximate surface area is 140 Å². The number of nitrogens with one attached hydrogen (secondary N) is 1. The first kappa shape index (κ1) is 16.7. The fraction of sp³-hybridized carbons (Fsp3) is 0. The van der Waals surface area contributed by atoms with Gasteiger partial charge in [-0.05, 0) is 23.9 Å². The zero-order valence-electron chi connectivity index (χ0n) is 11.3. The van der Waals surface area contributed by atoms with Crippen LogP contribution in [-0.2, 0) is 0 Å². The zero-order chi connectivity index (χ0) is 17.0. The molecular weight excluding hydrogens is 345 g/mol. The van der Waals surface area contributed by atoms with Crippen LogP contribution in [0, 0.1) is 10.1 Å². The van der Waals surface area contributed by atoms with Gasteiger partial charge in [0.1, 0.15) is 0 Å². The largest absolute Gasteiger partial charge is 0.868 e. The van der Waals surface area contributed by atoms with Crippen LogP contribution in [-0.4, -0.2) is 17.0 Å². The molecule has 0 saturated heterocycles. The van der Waals surface area contributed by atoms with Crippen LogP contribution in [0.4, 0.5) is 5.69 Å². The maximum Gasteiger partial charge on any atom is 0.272 e. The molecule has 0 fully saturated rings. The minimum atomic E-state index is -0.788. The molecule has 0 aliphatic rings. The summed E-state index contributed by atoms with van der Waals surface area (Å²) in [5.74, 6) is -1.30. The van der Waals surface area contributed by atoms with E-state index in [0.717, 1.165) is 12.1 Å². The Morgan fingerprint density at radius 1 is 1.22 bits per heavy atom. The summed E-state index contributed by atoms with van der Waals surface area (Å²) in [6.07, 6.45) is 1.17. The van der Waals surface area contributed by atoms with E-state index in [9.17, 15) is 20.0 Å². The van der Waals surface area contributed by atoms with E-state index >= 15 is 0 Å². The van der Waals surface area contributed by atoms with Gasteiger partial charge in [0.2, 0.25) is 0 Å². The van der Waals surface area contributed by atoms with Gasteiger partial charge in [-0.3, -0.25) is 14.9 Å². The third-order valence-corrected chi connectivity index (χ3v) is 3.30. The molecule has 0 radical (unpaired) electrons. The molecule has 0 bridgehead atoms. The van der Waals surface area contributed by atoms with Gasteiger partial charge in [0.15, 0.2) is 0 Å². The van der Waals surface area contributed by atoms with Gasteiger partial charge in [-0.15, -0.1) is 0 Å². The summed E-state index contributed by atoms with van der Waals surface area (Å²) in [6, 6.07) is 7.84. The lowest BCUT2D eigenvalue weighted by atomic mass is 10.2. The predicted octanol–water partition coefficient (Wildman–Crippen LogP) is 2.74. The Kier molecular flexibility index (Phi) is 5.15. The van der Waals surface area contributed by atoms with Gasteiger partial charge < -0.3 is 5.11 Å². The summed E-state index contributed by atoms with van der Waals surface area (Å²) in [5, 5.41) is 26.1. The number of amides is 1. The van der Waals surface area contributed by atoms with E-state index in [1.54, 1.807) is 0 Å². The first-order valence-corrected chi connectivity index (χ1v) is 6.88. The maximum absolute atomic E-state index is 11.9. The molecular formula is C14H8Cl2N3O4-. The van der Waals surface area contributed by atoms with Gasteiger partial charge in [0.05, 0.1) is 21.7 Å². The second-order valence-corrected chi connectivity index (χ2v) is 5.15. The predicted molar refractivity (Wildman–Crippen MR) is 84.1 cm³/mol. The number of halogens is 2. The van der Waals surface area contributed by atoms with Crippen LogP contribution in [0.15, 0.2) is 41.5 Å². The Morgan fingerprint density at radius 2 is 1.96 bits per heavy atom. The highest BCUT2D eigenvalue weighted by molar-refractivity contribution is 6.35. The highest BCUT2D eigenvalue weighted by atomic mass is 35.5. The lowest BCUT2D eigenvalue weighted by molar-refractivity contribution is -0.398. The molecule has 9 heteroatoms. The Balaban J connectivity index is 2.13. The fourth-order valence-electron chi connectivity index (χ4n) is 1.65. The van der Waals surface area contributed by atoms with Gasteiger partial charge in [-0.1, -0.05) is 35.3 Å². The molecule has 0 aliphatic heterocycles. The minimum absolute atomic E-state index is 0.136. The van der Waals surface area contributed by atoms with Crippen LogP contribution in [0.5, 0.6) is 5.75 Å². The van der Waals surface area contributed by atoms with E-state index in [1.165, 1.54) is 30.5 Å². The van der Waals surface area contributed by atoms with Gasteiger partial charge in [-0.25, -0.2) is 5.43 Å². The van der Waals surface area contributed by atoms with E-state index < -0.39 is 22.3 Å². The van der Waals surface area contributed by atoms with Crippen molar-refractivity contribution in [3.05, 3.63) is 67.7 Å². The van der Waals surface area contributed by atoms with Crippen LogP contribution in [0.25, 0.3) is 0 Å². The third kappa shape index (κ3) is 4.18. The number of carbonyl (C=O) groups excluding carboxylic acids is 1. The Morgan fingerprint density at radius 3 is 2.65 bits per heavy atom. The van der Waals surface area contributed by atoms with Crippen molar-refractivity contribution in [2.45, 2.75) is 0 Å². The fourth-order valence-corrected chi connectivity index (χ4v) is 2.03. The summed E-state index contributed by atoms with van der Waals surface area (Å²) in [7, 11) is 0. The molecule has 0 spiro atoms. The van der Waals surface area contributed by atoms with Gasteiger partial charge in [0.25, 0.3) is 11.6 Å². The molecule has 0 aliphatic carbocycles. The van der Waals surface area contributed by atoms with Crippen molar-refractivity contribution in [2.75, 3.05) is 0 Å². The third-order valence-electron chi connectivity index (χ3n) is 2.73. The number of nitro benzene ring substituents is 1. The summed E-state index contributed by atoms with van der Waals surface area (Å²) in [6.45, 7) is 0. The van der Waals surface area contributed by atoms with E-state index in [-0.39, 0.29) is 16.1 Å². The monoisotopic (exact) mass is 352 g/mol. The van der Waals surface area contributed by atoms with Crippen LogP contribution in [0.1, 0.15) is 15.9 Å². The van der Waals surface area contributed by atoms with Gasteiger partial charge in [0, 0.05) is 16.7 Å². The molecule has 0 atom stereocenters. The lowest BCUT2D eigenvalue weighted by Gasteiger charge is -2.06. The van der Waals surface area contributed by atoms with Gasteiger partial charge in [-0.2, -0.15) is 5.10 Å². The van der Waals surface area contributed by atoms with Crippen LogP contribution in [0.2, 0.25) is 10.0 Å². The summed E-state index contributed by atoms with van der Waals surface area (Å²) in [4.78, 5) is 21.8. The summed E-state index contributed by atoms with van der Waals surface area (Å²) in [5.41, 5.74) is 2.07. The molecule has 2 rings (SSSR count). The van der Waals surface area contributed by atoms with Crippen LogP contribution >= 0.6 is 23.2 Å². The molecule has 2 aromatic carbocycles. The highest BCUT2D eigenvalue weighted by Gasteiger charge is 2.10. The van der Waals surface area contributed by atoms with Gasteiger partial charge >= 0.3 is 0 Å². The molecule has 118 valence electrons. The number of hydrazone groups is 1. The average molecular weight is 353 g/mol. The Bertz CT molecular complexity index is 809.